The van der Waals surface area contributed by atoms with Crippen molar-refractivity contribution in [2.75, 3.05) is 0 Å². The fourth-order valence-corrected chi connectivity index (χ4v) is 4.00. The van der Waals surface area contributed by atoms with E-state index in [1.807, 2.05) is 43.5 Å². The van der Waals surface area contributed by atoms with Gasteiger partial charge in [-0.05, 0) is 56.4 Å². The summed E-state index contributed by atoms with van der Waals surface area (Å²) in [5, 5.41) is 3.16. The zero-order valence-corrected chi connectivity index (χ0v) is 15.5. The number of thiazole rings is 1. The van der Waals surface area contributed by atoms with E-state index in [1.54, 1.807) is 16.8 Å². The molecule has 1 amide bonds. The molecule has 5 nitrogen and oxygen atoms in total. The molecule has 134 valence electrons. The van der Waals surface area contributed by atoms with Gasteiger partial charge in [-0.1, -0.05) is 6.07 Å². The van der Waals surface area contributed by atoms with Crippen molar-refractivity contribution in [3.63, 3.8) is 0 Å². The molecular formula is C20H21N3O2S. The van der Waals surface area contributed by atoms with Crippen LogP contribution in [0.5, 0.6) is 5.88 Å². The van der Waals surface area contributed by atoms with E-state index in [9.17, 15) is 4.79 Å². The summed E-state index contributed by atoms with van der Waals surface area (Å²) in [6.45, 7) is 2.01. The minimum atomic E-state index is -0.00938. The summed E-state index contributed by atoms with van der Waals surface area (Å²) in [6.07, 6.45) is 5.69. The van der Waals surface area contributed by atoms with Crippen molar-refractivity contribution < 1.29 is 9.53 Å². The van der Waals surface area contributed by atoms with Crippen molar-refractivity contribution >= 4 is 27.5 Å². The van der Waals surface area contributed by atoms with E-state index in [0.717, 1.165) is 41.5 Å². The molecule has 0 atom stereocenters. The minimum Gasteiger partial charge on any atom is -0.474 e. The van der Waals surface area contributed by atoms with E-state index in [1.165, 1.54) is 0 Å². The zero-order valence-electron chi connectivity index (χ0n) is 14.6. The number of hydrogen-bond acceptors (Lipinski definition) is 5. The number of carbonyl (C=O) groups is 1. The van der Waals surface area contributed by atoms with Gasteiger partial charge in [-0.2, -0.15) is 0 Å². The van der Waals surface area contributed by atoms with Crippen LogP contribution in [0.3, 0.4) is 0 Å². The molecule has 1 aliphatic carbocycles. The van der Waals surface area contributed by atoms with E-state index in [-0.39, 0.29) is 18.1 Å². The van der Waals surface area contributed by atoms with Crippen molar-refractivity contribution in [3.8, 4) is 5.88 Å². The Morgan fingerprint density at radius 2 is 2.00 bits per heavy atom. The second-order valence-electron chi connectivity index (χ2n) is 6.77. The number of ether oxygens (including phenoxy) is 1. The third-order valence-electron chi connectivity index (χ3n) is 4.77. The Labute approximate surface area is 156 Å². The first-order chi connectivity index (χ1) is 12.7. The predicted molar refractivity (Wildman–Crippen MR) is 103 cm³/mol. The minimum absolute atomic E-state index is 0.00938. The van der Waals surface area contributed by atoms with Gasteiger partial charge in [0, 0.05) is 23.9 Å². The number of amides is 1. The zero-order chi connectivity index (χ0) is 17.9. The lowest BCUT2D eigenvalue weighted by molar-refractivity contribution is 0.0890. The lowest BCUT2D eigenvalue weighted by atomic mass is 9.92. The van der Waals surface area contributed by atoms with Crippen LogP contribution < -0.4 is 10.1 Å². The molecule has 0 aliphatic heterocycles. The standard InChI is InChI=1S/C20H21N3O2S/c1-13-2-9-19(21-11-13)25-16-6-4-15(5-7-16)23-20(24)14-3-8-17-18(10-14)26-12-22-17/h2-3,8-12,15-16H,4-7H2,1H3,(H,23,24). The third-order valence-corrected chi connectivity index (χ3v) is 5.57. The highest BCUT2D eigenvalue weighted by molar-refractivity contribution is 7.16. The van der Waals surface area contributed by atoms with E-state index >= 15 is 0 Å². The van der Waals surface area contributed by atoms with Crippen molar-refractivity contribution in [3.05, 3.63) is 53.2 Å². The average molecular weight is 367 g/mol. The molecular weight excluding hydrogens is 346 g/mol. The monoisotopic (exact) mass is 367 g/mol. The molecule has 1 fully saturated rings. The number of benzene rings is 1. The summed E-state index contributed by atoms with van der Waals surface area (Å²) in [5.74, 6) is 0.672. The van der Waals surface area contributed by atoms with Gasteiger partial charge in [0.05, 0.1) is 15.7 Å². The second kappa shape index (κ2) is 7.41. The maximum absolute atomic E-state index is 12.5. The Bertz CT molecular complexity index is 899. The van der Waals surface area contributed by atoms with Gasteiger partial charge < -0.3 is 10.1 Å². The Kier molecular flexibility index (Phi) is 4.84. The van der Waals surface area contributed by atoms with Crippen molar-refractivity contribution in [1.29, 1.82) is 0 Å². The number of hydrogen-bond donors (Lipinski definition) is 1. The summed E-state index contributed by atoms with van der Waals surface area (Å²) in [4.78, 5) is 21.1. The van der Waals surface area contributed by atoms with Crippen LogP contribution in [0.4, 0.5) is 0 Å². The predicted octanol–water partition coefficient (Wildman–Crippen LogP) is 4.12. The van der Waals surface area contributed by atoms with E-state index in [4.69, 9.17) is 4.74 Å². The molecule has 1 aromatic carbocycles. The van der Waals surface area contributed by atoms with E-state index < -0.39 is 0 Å². The first-order valence-corrected chi connectivity index (χ1v) is 9.79. The molecule has 4 rings (SSSR count). The van der Waals surface area contributed by atoms with Crippen LogP contribution in [0.15, 0.2) is 42.0 Å². The molecule has 1 saturated carbocycles. The SMILES string of the molecule is Cc1ccc(OC2CCC(NC(=O)c3ccc4ncsc4c3)CC2)nc1. The molecule has 26 heavy (non-hydrogen) atoms. The summed E-state index contributed by atoms with van der Waals surface area (Å²) < 4.78 is 7.00. The molecule has 6 heteroatoms. The van der Waals surface area contributed by atoms with Crippen molar-refractivity contribution in [1.82, 2.24) is 15.3 Å². The van der Waals surface area contributed by atoms with Crippen LogP contribution in [0.2, 0.25) is 0 Å². The molecule has 2 heterocycles. The third kappa shape index (κ3) is 3.85. The number of pyridine rings is 1. The molecule has 0 spiro atoms. The molecule has 0 saturated heterocycles. The first-order valence-electron chi connectivity index (χ1n) is 8.91. The van der Waals surface area contributed by atoms with Crippen LogP contribution >= 0.6 is 11.3 Å². The summed E-state index contributed by atoms with van der Waals surface area (Å²) >= 11 is 1.55. The van der Waals surface area contributed by atoms with E-state index in [2.05, 4.69) is 15.3 Å². The van der Waals surface area contributed by atoms with Crippen LogP contribution in [0.1, 0.15) is 41.6 Å². The first kappa shape index (κ1) is 17.0. The maximum Gasteiger partial charge on any atom is 0.251 e. The Hall–Kier alpha value is -2.47. The van der Waals surface area contributed by atoms with Gasteiger partial charge in [0.25, 0.3) is 5.91 Å². The topological polar surface area (TPSA) is 64.1 Å². The molecule has 2 aromatic heterocycles. The highest BCUT2D eigenvalue weighted by atomic mass is 32.1. The van der Waals surface area contributed by atoms with Crippen LogP contribution in [0, 0.1) is 6.92 Å². The number of carbonyl (C=O) groups excluding carboxylic acids is 1. The number of nitrogens with one attached hydrogen (secondary N) is 1. The summed E-state index contributed by atoms with van der Waals surface area (Å²) in [7, 11) is 0. The van der Waals surface area contributed by atoms with Crippen molar-refractivity contribution in [2.45, 2.75) is 44.8 Å². The van der Waals surface area contributed by atoms with Gasteiger partial charge >= 0.3 is 0 Å². The van der Waals surface area contributed by atoms with Gasteiger partial charge in [-0.25, -0.2) is 9.97 Å². The Morgan fingerprint density at radius 1 is 1.15 bits per heavy atom. The summed E-state index contributed by atoms with van der Waals surface area (Å²) in [5.41, 5.74) is 4.56. The molecule has 3 aromatic rings. The van der Waals surface area contributed by atoms with Crippen LogP contribution in [-0.2, 0) is 0 Å². The highest BCUT2D eigenvalue weighted by Gasteiger charge is 2.24. The van der Waals surface area contributed by atoms with Crippen LogP contribution in [-0.4, -0.2) is 28.0 Å². The highest BCUT2D eigenvalue weighted by Crippen LogP contribution is 2.24. The largest absolute Gasteiger partial charge is 0.474 e. The fourth-order valence-electron chi connectivity index (χ4n) is 3.28. The van der Waals surface area contributed by atoms with Gasteiger partial charge in [0.2, 0.25) is 5.88 Å². The van der Waals surface area contributed by atoms with Gasteiger partial charge in [-0.3, -0.25) is 4.79 Å². The smallest absolute Gasteiger partial charge is 0.251 e. The van der Waals surface area contributed by atoms with E-state index in [0.29, 0.717) is 11.4 Å². The van der Waals surface area contributed by atoms with Gasteiger partial charge in [0.1, 0.15) is 6.10 Å². The molecule has 0 bridgehead atoms. The lowest BCUT2D eigenvalue weighted by Crippen LogP contribution is -2.39. The quantitative estimate of drug-likeness (QED) is 0.753. The van der Waals surface area contributed by atoms with Gasteiger partial charge in [0.15, 0.2) is 0 Å². The molecule has 0 radical (unpaired) electrons. The number of rotatable bonds is 4. The maximum atomic E-state index is 12.5. The second-order valence-corrected chi connectivity index (χ2v) is 7.66. The number of fused-ring (bicyclic) bond motifs is 1. The fraction of sp³-hybridized carbons (Fsp3) is 0.350. The number of aromatic nitrogens is 2. The molecule has 1 aliphatic rings. The average Bonchev–Trinajstić information content (AvgIpc) is 3.13. The normalized spacial score (nSPS) is 20.0. The van der Waals surface area contributed by atoms with Crippen molar-refractivity contribution in [2.24, 2.45) is 0 Å². The molecule has 1 N–H and O–H groups in total. The number of aryl methyl sites for hydroxylation is 1. The molecule has 0 unspecified atom stereocenters. The lowest BCUT2D eigenvalue weighted by Gasteiger charge is -2.29. The Balaban J connectivity index is 1.30. The van der Waals surface area contributed by atoms with Gasteiger partial charge in [-0.15, -0.1) is 11.3 Å². The van der Waals surface area contributed by atoms with Crippen LogP contribution in [0.25, 0.3) is 10.2 Å². The summed E-state index contributed by atoms with van der Waals surface area (Å²) in [6, 6.07) is 9.79. The Morgan fingerprint density at radius 3 is 2.77 bits per heavy atom. The number of nitrogens with zero attached hydrogens (tertiary/aromatic N) is 2.